The molecule has 4 heteroatoms. The molecule has 19 heavy (non-hydrogen) atoms. The van der Waals surface area contributed by atoms with Crippen LogP contribution in [0.2, 0.25) is 0 Å². The normalized spacial score (nSPS) is 23.6. The summed E-state index contributed by atoms with van der Waals surface area (Å²) in [6, 6.07) is 0. The van der Waals surface area contributed by atoms with Crippen LogP contribution >= 0.6 is 0 Å². The Labute approximate surface area is 113 Å². The van der Waals surface area contributed by atoms with Crippen molar-refractivity contribution in [2.75, 3.05) is 13.2 Å². The van der Waals surface area contributed by atoms with Crippen LogP contribution in [0.3, 0.4) is 0 Å². The summed E-state index contributed by atoms with van der Waals surface area (Å²) < 4.78 is 10.1. The Hall–Kier alpha value is -1.84. The van der Waals surface area contributed by atoms with Gasteiger partial charge in [0.25, 0.3) is 0 Å². The maximum Gasteiger partial charge on any atom is 0.302 e. The van der Waals surface area contributed by atoms with Gasteiger partial charge in [0.15, 0.2) is 0 Å². The van der Waals surface area contributed by atoms with E-state index in [4.69, 9.17) is 9.47 Å². The van der Waals surface area contributed by atoms with Gasteiger partial charge in [-0.2, -0.15) is 0 Å². The Balaban J connectivity index is 2.81. The van der Waals surface area contributed by atoms with Crippen LogP contribution in [0, 0.1) is 0 Å². The van der Waals surface area contributed by atoms with Gasteiger partial charge in [0.1, 0.15) is 13.2 Å². The summed E-state index contributed by atoms with van der Waals surface area (Å²) in [7, 11) is 0. The van der Waals surface area contributed by atoms with Crippen molar-refractivity contribution < 1.29 is 19.1 Å². The van der Waals surface area contributed by atoms with Gasteiger partial charge in [-0.1, -0.05) is 23.8 Å². The standard InChI is InChI=1S/C15H20O4/c1-11-5-4-6-14(9-18-12(2)16)15(8-7-11)10-19-13(3)17/h5-6,8H,4,7,9-10H2,1-3H3/b11-5-,14-6-,15-8-. The van der Waals surface area contributed by atoms with Gasteiger partial charge in [-0.25, -0.2) is 0 Å². The van der Waals surface area contributed by atoms with E-state index >= 15 is 0 Å². The predicted octanol–water partition coefficient (Wildman–Crippen LogP) is 2.71. The molecule has 0 radical (unpaired) electrons. The quantitative estimate of drug-likeness (QED) is 0.578. The zero-order chi connectivity index (χ0) is 14.3. The van der Waals surface area contributed by atoms with E-state index in [0.717, 1.165) is 24.0 Å². The monoisotopic (exact) mass is 264 g/mol. The molecule has 0 spiro atoms. The topological polar surface area (TPSA) is 52.6 Å². The van der Waals surface area contributed by atoms with Gasteiger partial charge in [0, 0.05) is 13.8 Å². The number of rotatable bonds is 4. The first-order valence-electron chi connectivity index (χ1n) is 6.30. The molecule has 0 fully saturated rings. The van der Waals surface area contributed by atoms with Gasteiger partial charge < -0.3 is 9.47 Å². The molecule has 0 unspecified atom stereocenters. The maximum atomic E-state index is 10.9. The van der Waals surface area contributed by atoms with E-state index < -0.39 is 0 Å². The molecule has 1 rings (SSSR count). The second-order valence-corrected chi connectivity index (χ2v) is 4.51. The lowest BCUT2D eigenvalue weighted by molar-refractivity contribution is -0.141. The third-order valence-corrected chi connectivity index (χ3v) is 2.78. The van der Waals surface area contributed by atoms with Crippen molar-refractivity contribution in [3.05, 3.63) is 34.9 Å². The minimum atomic E-state index is -0.318. The van der Waals surface area contributed by atoms with Crippen LogP contribution in [0.1, 0.15) is 33.6 Å². The first kappa shape index (κ1) is 15.2. The molecule has 0 amide bonds. The molecule has 0 atom stereocenters. The van der Waals surface area contributed by atoms with E-state index in [1.54, 1.807) is 0 Å². The third kappa shape index (κ3) is 6.04. The summed E-state index contributed by atoms with van der Waals surface area (Å²) in [4.78, 5) is 21.8. The van der Waals surface area contributed by atoms with E-state index in [-0.39, 0.29) is 25.2 Å². The van der Waals surface area contributed by atoms with E-state index in [9.17, 15) is 9.59 Å². The summed E-state index contributed by atoms with van der Waals surface area (Å²) in [6.45, 7) is 5.25. The molecule has 1 aliphatic carbocycles. The van der Waals surface area contributed by atoms with Crippen LogP contribution in [0.25, 0.3) is 0 Å². The molecule has 0 aromatic carbocycles. The van der Waals surface area contributed by atoms with Crippen LogP contribution < -0.4 is 0 Å². The number of hydrogen-bond acceptors (Lipinski definition) is 4. The maximum absolute atomic E-state index is 10.9. The second kappa shape index (κ2) is 7.56. The fourth-order valence-electron chi connectivity index (χ4n) is 1.69. The molecule has 0 heterocycles. The molecule has 0 N–H and O–H groups in total. The van der Waals surface area contributed by atoms with Gasteiger partial charge >= 0.3 is 11.9 Å². The molecule has 0 aromatic rings. The summed E-state index contributed by atoms with van der Waals surface area (Å²) in [6.07, 6.45) is 7.75. The Morgan fingerprint density at radius 2 is 1.53 bits per heavy atom. The van der Waals surface area contributed by atoms with Crippen molar-refractivity contribution in [3.8, 4) is 0 Å². The van der Waals surface area contributed by atoms with E-state index in [1.165, 1.54) is 19.4 Å². The van der Waals surface area contributed by atoms with Crippen molar-refractivity contribution in [2.45, 2.75) is 33.6 Å². The van der Waals surface area contributed by atoms with E-state index in [2.05, 4.69) is 13.0 Å². The number of esters is 2. The van der Waals surface area contributed by atoms with E-state index in [1.807, 2.05) is 12.2 Å². The predicted molar refractivity (Wildman–Crippen MR) is 72.4 cm³/mol. The molecule has 0 saturated heterocycles. The number of carbonyl (C=O) groups is 2. The first-order chi connectivity index (χ1) is 8.99. The van der Waals surface area contributed by atoms with Crippen molar-refractivity contribution in [1.29, 1.82) is 0 Å². The summed E-state index contributed by atoms with van der Waals surface area (Å²) in [5.74, 6) is -0.636. The molecule has 0 aliphatic heterocycles. The summed E-state index contributed by atoms with van der Waals surface area (Å²) in [5.41, 5.74) is 3.08. The molecule has 0 saturated carbocycles. The van der Waals surface area contributed by atoms with Gasteiger partial charge in [-0.3, -0.25) is 9.59 Å². The largest absolute Gasteiger partial charge is 0.461 e. The average molecular weight is 264 g/mol. The molecule has 104 valence electrons. The summed E-state index contributed by atoms with van der Waals surface area (Å²) in [5, 5.41) is 0. The van der Waals surface area contributed by atoms with Gasteiger partial charge in [0.05, 0.1) is 0 Å². The lowest BCUT2D eigenvalue weighted by Crippen LogP contribution is -2.11. The number of ether oxygens (including phenoxy) is 2. The van der Waals surface area contributed by atoms with Crippen molar-refractivity contribution in [1.82, 2.24) is 0 Å². The third-order valence-electron chi connectivity index (χ3n) is 2.78. The van der Waals surface area contributed by atoms with Crippen LogP contribution in [0.15, 0.2) is 34.9 Å². The average Bonchev–Trinajstić information content (AvgIpc) is 2.31. The molecular formula is C15H20O4. The number of hydrogen-bond donors (Lipinski definition) is 0. The van der Waals surface area contributed by atoms with Gasteiger partial charge in [0.2, 0.25) is 0 Å². The SMILES string of the molecule is CC(=O)OCC1=C/C/C=C(/C)C/C=C\1COC(C)=O. The first-order valence-corrected chi connectivity index (χ1v) is 6.30. The van der Waals surface area contributed by atoms with E-state index in [0.29, 0.717) is 0 Å². The minimum Gasteiger partial charge on any atom is -0.461 e. The fourth-order valence-corrected chi connectivity index (χ4v) is 1.69. The lowest BCUT2D eigenvalue weighted by Gasteiger charge is -2.14. The van der Waals surface area contributed by atoms with Crippen LogP contribution in [-0.2, 0) is 19.1 Å². The lowest BCUT2D eigenvalue weighted by atomic mass is 9.99. The smallest absolute Gasteiger partial charge is 0.302 e. The molecule has 1 aliphatic rings. The molecule has 4 nitrogen and oxygen atoms in total. The minimum absolute atomic E-state index is 0.218. The zero-order valence-corrected chi connectivity index (χ0v) is 11.7. The zero-order valence-electron chi connectivity index (χ0n) is 11.7. The molecular weight excluding hydrogens is 244 g/mol. The van der Waals surface area contributed by atoms with Crippen LogP contribution in [-0.4, -0.2) is 25.2 Å². The highest BCUT2D eigenvalue weighted by Gasteiger charge is 2.10. The Bertz CT molecular complexity index is 441. The Kier molecular flexibility index (Phi) is 6.06. The number of allylic oxidation sites excluding steroid dienone is 4. The number of carbonyl (C=O) groups excluding carboxylic acids is 2. The van der Waals surface area contributed by atoms with Crippen molar-refractivity contribution >= 4 is 11.9 Å². The highest BCUT2D eigenvalue weighted by molar-refractivity contribution is 5.67. The van der Waals surface area contributed by atoms with Crippen LogP contribution in [0.5, 0.6) is 0 Å². The highest BCUT2D eigenvalue weighted by atomic mass is 16.5. The highest BCUT2D eigenvalue weighted by Crippen LogP contribution is 2.19. The Morgan fingerprint density at radius 1 is 1.00 bits per heavy atom. The van der Waals surface area contributed by atoms with Gasteiger partial charge in [-0.15, -0.1) is 0 Å². The molecule has 0 bridgehead atoms. The fraction of sp³-hybridized carbons (Fsp3) is 0.467. The van der Waals surface area contributed by atoms with Crippen molar-refractivity contribution in [3.63, 3.8) is 0 Å². The Morgan fingerprint density at radius 3 is 2.05 bits per heavy atom. The molecule has 0 aromatic heterocycles. The van der Waals surface area contributed by atoms with Crippen molar-refractivity contribution in [2.24, 2.45) is 0 Å². The summed E-state index contributed by atoms with van der Waals surface area (Å²) >= 11 is 0. The second-order valence-electron chi connectivity index (χ2n) is 4.51. The van der Waals surface area contributed by atoms with Gasteiger partial charge in [-0.05, 0) is 30.9 Å². The van der Waals surface area contributed by atoms with Crippen LogP contribution in [0.4, 0.5) is 0 Å².